The standard InChI is InChI=1S/C18H18N2O4/c21-17-11-10-15(20(22)23)18(19-17)14-8-4-5-9-16(14)24-12-13-6-2-1-3-7-13/h1-9,15,18H,10-12H2,(H,19,21)/t15-,18+/m0/s1. The second kappa shape index (κ2) is 7.12. The fourth-order valence-corrected chi connectivity index (χ4v) is 2.90. The van der Waals surface area contributed by atoms with E-state index in [1.165, 1.54) is 0 Å². The van der Waals surface area contributed by atoms with Crippen molar-refractivity contribution in [2.75, 3.05) is 0 Å². The molecule has 0 radical (unpaired) electrons. The molecule has 1 aliphatic rings. The lowest BCUT2D eigenvalue weighted by Crippen LogP contribution is -2.45. The molecule has 1 amide bonds. The number of hydrogen-bond acceptors (Lipinski definition) is 4. The van der Waals surface area contributed by atoms with Gasteiger partial charge in [-0.25, -0.2) is 0 Å². The smallest absolute Gasteiger partial charge is 0.237 e. The number of ether oxygens (including phenoxy) is 1. The number of nitro groups is 1. The zero-order chi connectivity index (χ0) is 16.9. The Morgan fingerprint density at radius 3 is 2.58 bits per heavy atom. The van der Waals surface area contributed by atoms with Crippen LogP contribution < -0.4 is 10.1 Å². The van der Waals surface area contributed by atoms with E-state index < -0.39 is 12.1 Å². The Balaban J connectivity index is 1.84. The molecule has 1 N–H and O–H groups in total. The minimum atomic E-state index is -0.843. The van der Waals surface area contributed by atoms with Crippen molar-refractivity contribution in [2.45, 2.75) is 31.5 Å². The van der Waals surface area contributed by atoms with Gasteiger partial charge in [0.2, 0.25) is 11.9 Å². The molecule has 2 atom stereocenters. The summed E-state index contributed by atoms with van der Waals surface area (Å²) < 4.78 is 5.87. The van der Waals surface area contributed by atoms with E-state index >= 15 is 0 Å². The third kappa shape index (κ3) is 3.53. The second-order valence-electron chi connectivity index (χ2n) is 5.75. The molecule has 2 aromatic rings. The maximum Gasteiger partial charge on any atom is 0.237 e. The minimum absolute atomic E-state index is 0.170. The first-order valence-electron chi connectivity index (χ1n) is 7.83. The van der Waals surface area contributed by atoms with Crippen LogP contribution in [-0.4, -0.2) is 16.9 Å². The van der Waals surface area contributed by atoms with Crippen molar-refractivity contribution in [3.8, 4) is 5.75 Å². The topological polar surface area (TPSA) is 81.5 Å². The Kier molecular flexibility index (Phi) is 4.74. The molecule has 1 heterocycles. The first kappa shape index (κ1) is 16.0. The maximum atomic E-state index is 11.7. The van der Waals surface area contributed by atoms with Gasteiger partial charge in [-0.2, -0.15) is 0 Å². The summed E-state index contributed by atoms with van der Waals surface area (Å²) in [5, 5.41) is 14.1. The molecule has 1 saturated heterocycles. The van der Waals surface area contributed by atoms with Gasteiger partial charge in [-0.1, -0.05) is 48.5 Å². The Bertz CT molecular complexity index is 733. The van der Waals surface area contributed by atoms with E-state index in [2.05, 4.69) is 5.32 Å². The molecule has 0 saturated carbocycles. The van der Waals surface area contributed by atoms with Gasteiger partial charge >= 0.3 is 0 Å². The molecule has 0 unspecified atom stereocenters. The molecule has 2 aromatic carbocycles. The van der Waals surface area contributed by atoms with Crippen LogP contribution in [0.1, 0.15) is 30.0 Å². The van der Waals surface area contributed by atoms with Crippen LogP contribution in [0.3, 0.4) is 0 Å². The lowest BCUT2D eigenvalue weighted by molar-refractivity contribution is -0.529. The van der Waals surface area contributed by atoms with Crippen molar-refractivity contribution in [3.63, 3.8) is 0 Å². The van der Waals surface area contributed by atoms with Crippen LogP contribution in [0.15, 0.2) is 54.6 Å². The van der Waals surface area contributed by atoms with Gasteiger partial charge in [-0.15, -0.1) is 0 Å². The van der Waals surface area contributed by atoms with E-state index in [9.17, 15) is 14.9 Å². The molecule has 24 heavy (non-hydrogen) atoms. The Hall–Kier alpha value is -2.89. The lowest BCUT2D eigenvalue weighted by atomic mass is 9.92. The molecule has 1 fully saturated rings. The summed E-state index contributed by atoms with van der Waals surface area (Å²) in [5.74, 6) is 0.386. The van der Waals surface area contributed by atoms with Crippen LogP contribution in [-0.2, 0) is 11.4 Å². The van der Waals surface area contributed by atoms with Crippen LogP contribution in [0, 0.1) is 10.1 Å². The number of nitrogens with zero attached hydrogens (tertiary/aromatic N) is 1. The predicted octanol–water partition coefficient (Wildman–Crippen LogP) is 2.86. The monoisotopic (exact) mass is 326 g/mol. The Morgan fingerprint density at radius 1 is 1.12 bits per heavy atom. The summed E-state index contributed by atoms with van der Waals surface area (Å²) in [6.45, 7) is 0.363. The van der Waals surface area contributed by atoms with Crippen LogP contribution in [0.2, 0.25) is 0 Å². The second-order valence-corrected chi connectivity index (χ2v) is 5.75. The van der Waals surface area contributed by atoms with Gasteiger partial charge in [0.25, 0.3) is 0 Å². The Labute approximate surface area is 139 Å². The van der Waals surface area contributed by atoms with Gasteiger partial charge in [-0.3, -0.25) is 14.9 Å². The first-order valence-corrected chi connectivity index (χ1v) is 7.83. The number of nitrogens with one attached hydrogen (secondary N) is 1. The number of rotatable bonds is 5. The van der Waals surface area contributed by atoms with Crippen LogP contribution in [0.25, 0.3) is 0 Å². The predicted molar refractivity (Wildman–Crippen MR) is 88.1 cm³/mol. The quantitative estimate of drug-likeness (QED) is 0.676. The highest BCUT2D eigenvalue weighted by Gasteiger charge is 2.39. The van der Waals surface area contributed by atoms with Crippen LogP contribution >= 0.6 is 0 Å². The molecular formula is C18H18N2O4. The number of hydrogen-bond donors (Lipinski definition) is 1. The third-order valence-electron chi connectivity index (χ3n) is 4.13. The zero-order valence-corrected chi connectivity index (χ0v) is 13.1. The van der Waals surface area contributed by atoms with Gasteiger partial charge in [0.15, 0.2) is 0 Å². The van der Waals surface area contributed by atoms with Crippen molar-refractivity contribution in [1.82, 2.24) is 5.32 Å². The summed E-state index contributed by atoms with van der Waals surface area (Å²) in [6.07, 6.45) is 0.408. The largest absolute Gasteiger partial charge is 0.489 e. The fraction of sp³-hybridized carbons (Fsp3) is 0.278. The summed E-state index contributed by atoms with van der Waals surface area (Å²) in [4.78, 5) is 22.8. The number of carbonyl (C=O) groups excluding carboxylic acids is 1. The third-order valence-corrected chi connectivity index (χ3v) is 4.13. The lowest BCUT2D eigenvalue weighted by Gasteiger charge is -2.28. The molecular weight excluding hydrogens is 308 g/mol. The van der Waals surface area contributed by atoms with Gasteiger partial charge < -0.3 is 10.1 Å². The fourth-order valence-electron chi connectivity index (χ4n) is 2.90. The molecule has 0 aromatic heterocycles. The summed E-state index contributed by atoms with van der Waals surface area (Å²) >= 11 is 0. The number of para-hydroxylation sites is 1. The van der Waals surface area contributed by atoms with E-state index in [0.29, 0.717) is 17.9 Å². The van der Waals surface area contributed by atoms with E-state index in [4.69, 9.17) is 4.74 Å². The number of amides is 1. The highest BCUT2D eigenvalue weighted by atomic mass is 16.6. The maximum absolute atomic E-state index is 11.7. The van der Waals surface area contributed by atoms with Crippen LogP contribution in [0.4, 0.5) is 0 Å². The molecule has 0 spiro atoms. The van der Waals surface area contributed by atoms with Crippen molar-refractivity contribution >= 4 is 5.91 Å². The molecule has 6 nitrogen and oxygen atoms in total. The van der Waals surface area contributed by atoms with Gasteiger partial charge in [0.1, 0.15) is 18.4 Å². The summed E-state index contributed by atoms with van der Waals surface area (Å²) in [7, 11) is 0. The highest BCUT2D eigenvalue weighted by Crippen LogP contribution is 2.32. The van der Waals surface area contributed by atoms with E-state index in [0.717, 1.165) is 5.56 Å². The average molecular weight is 326 g/mol. The number of benzene rings is 2. The van der Waals surface area contributed by atoms with Gasteiger partial charge in [0.05, 0.1) is 0 Å². The Morgan fingerprint density at radius 2 is 1.83 bits per heavy atom. The molecule has 0 bridgehead atoms. The van der Waals surface area contributed by atoms with E-state index in [1.807, 2.05) is 36.4 Å². The zero-order valence-electron chi connectivity index (χ0n) is 13.1. The van der Waals surface area contributed by atoms with Crippen molar-refractivity contribution in [3.05, 3.63) is 75.8 Å². The van der Waals surface area contributed by atoms with E-state index in [1.54, 1.807) is 18.2 Å². The highest BCUT2D eigenvalue weighted by molar-refractivity contribution is 5.77. The van der Waals surface area contributed by atoms with Gasteiger partial charge in [0, 0.05) is 23.3 Å². The van der Waals surface area contributed by atoms with Crippen molar-refractivity contribution in [2.24, 2.45) is 0 Å². The number of piperidine rings is 1. The summed E-state index contributed by atoms with van der Waals surface area (Å²) in [6, 6.07) is 15.3. The molecule has 0 aliphatic carbocycles. The summed E-state index contributed by atoms with van der Waals surface area (Å²) in [5.41, 5.74) is 1.65. The minimum Gasteiger partial charge on any atom is -0.489 e. The normalized spacial score (nSPS) is 20.2. The number of carbonyl (C=O) groups is 1. The van der Waals surface area contributed by atoms with Crippen molar-refractivity contribution in [1.29, 1.82) is 0 Å². The van der Waals surface area contributed by atoms with E-state index in [-0.39, 0.29) is 23.7 Å². The molecule has 1 aliphatic heterocycles. The van der Waals surface area contributed by atoms with Crippen molar-refractivity contribution < 1.29 is 14.5 Å². The molecule has 124 valence electrons. The van der Waals surface area contributed by atoms with Gasteiger partial charge in [-0.05, 0) is 11.6 Å². The van der Waals surface area contributed by atoms with Crippen LogP contribution in [0.5, 0.6) is 5.75 Å². The average Bonchev–Trinajstić information content (AvgIpc) is 2.61. The first-order chi connectivity index (χ1) is 11.6. The molecule has 3 rings (SSSR count). The molecule has 6 heteroatoms. The SMILES string of the molecule is O=C1CC[C@H]([N+](=O)[O-])[C@@H](c2ccccc2OCc2ccccc2)N1.